The van der Waals surface area contributed by atoms with Gasteiger partial charge in [0.2, 0.25) is 5.95 Å². The molecule has 1 aromatic heterocycles. The molecule has 9 heteroatoms. The summed E-state index contributed by atoms with van der Waals surface area (Å²) in [6.07, 6.45) is 5.38. The highest BCUT2D eigenvalue weighted by Crippen LogP contribution is 2.44. The average molecular weight is 523 g/mol. The van der Waals surface area contributed by atoms with Crippen LogP contribution in [0.4, 0.5) is 5.95 Å². The maximum atomic E-state index is 12.6. The molecule has 0 atom stereocenters. The number of piperidine rings is 1. The van der Waals surface area contributed by atoms with Crippen molar-refractivity contribution in [1.29, 1.82) is 0 Å². The molecule has 2 heterocycles. The summed E-state index contributed by atoms with van der Waals surface area (Å²) in [7, 11) is 5.01. The third-order valence-corrected chi connectivity index (χ3v) is 7.80. The van der Waals surface area contributed by atoms with Crippen LogP contribution in [-0.2, 0) is 11.3 Å². The van der Waals surface area contributed by atoms with Crippen LogP contribution in [0.2, 0.25) is 0 Å². The molecule has 204 valence electrons. The van der Waals surface area contributed by atoms with E-state index in [-0.39, 0.29) is 5.56 Å². The third-order valence-electron chi connectivity index (χ3n) is 7.80. The van der Waals surface area contributed by atoms with Crippen molar-refractivity contribution < 1.29 is 19.4 Å². The summed E-state index contributed by atoms with van der Waals surface area (Å²) < 4.78 is 10.6. The molecular formula is C29H38N4O5. The van der Waals surface area contributed by atoms with Crippen molar-refractivity contribution in [3.8, 4) is 11.5 Å². The van der Waals surface area contributed by atoms with Crippen LogP contribution in [0.5, 0.6) is 11.5 Å². The number of aliphatic carboxylic acids is 1. The molecule has 1 aliphatic heterocycles. The van der Waals surface area contributed by atoms with Gasteiger partial charge in [-0.15, -0.1) is 0 Å². The van der Waals surface area contributed by atoms with E-state index < -0.39 is 11.4 Å². The first-order chi connectivity index (χ1) is 18.4. The fourth-order valence-electron chi connectivity index (χ4n) is 5.30. The second-order valence-corrected chi connectivity index (χ2v) is 10.2. The van der Waals surface area contributed by atoms with Crippen LogP contribution in [-0.4, -0.2) is 55.4 Å². The monoisotopic (exact) mass is 522 g/mol. The Morgan fingerprint density at radius 3 is 2.34 bits per heavy atom. The van der Waals surface area contributed by atoms with Gasteiger partial charge in [-0.2, -0.15) is 0 Å². The van der Waals surface area contributed by atoms with Crippen LogP contribution in [0, 0.1) is 11.3 Å². The predicted molar refractivity (Wildman–Crippen MR) is 148 cm³/mol. The van der Waals surface area contributed by atoms with Crippen molar-refractivity contribution in [2.24, 2.45) is 11.3 Å². The number of ether oxygens (including phenoxy) is 2. The van der Waals surface area contributed by atoms with Crippen LogP contribution < -0.4 is 25.2 Å². The smallest absolute Gasteiger partial charge is 0.309 e. The summed E-state index contributed by atoms with van der Waals surface area (Å²) in [4.78, 5) is 34.1. The zero-order valence-electron chi connectivity index (χ0n) is 22.5. The molecule has 2 aliphatic rings. The predicted octanol–water partition coefficient (Wildman–Crippen LogP) is 4.21. The highest BCUT2D eigenvalue weighted by atomic mass is 16.5. The minimum Gasteiger partial charge on any atom is -0.493 e. The minimum absolute atomic E-state index is 0.254. The third kappa shape index (κ3) is 6.10. The fourth-order valence-corrected chi connectivity index (χ4v) is 5.30. The number of H-pyrrole nitrogens is 1. The molecule has 0 bridgehead atoms. The van der Waals surface area contributed by atoms with E-state index in [2.05, 4.69) is 27.4 Å². The van der Waals surface area contributed by atoms with Gasteiger partial charge in [0.15, 0.2) is 11.5 Å². The van der Waals surface area contributed by atoms with Crippen molar-refractivity contribution >= 4 is 22.8 Å². The summed E-state index contributed by atoms with van der Waals surface area (Å²) in [5.74, 6) is 1.30. The van der Waals surface area contributed by atoms with Gasteiger partial charge in [0, 0.05) is 25.7 Å². The van der Waals surface area contributed by atoms with E-state index in [1.165, 1.54) is 26.2 Å². The number of nitrogens with one attached hydrogen (secondary N) is 2. The number of benzene rings is 2. The van der Waals surface area contributed by atoms with Gasteiger partial charge in [-0.3, -0.25) is 14.6 Å². The SMILES string of the molecule is CNCc1ccccc1.COc1cc2nc(N3CCC(CC4CCC4)(C(=O)O)CC3)[nH]c(=O)c2cc1OC. The van der Waals surface area contributed by atoms with E-state index in [0.29, 0.717) is 60.2 Å². The van der Waals surface area contributed by atoms with Crippen molar-refractivity contribution in [1.82, 2.24) is 15.3 Å². The summed E-state index contributed by atoms with van der Waals surface area (Å²) in [5.41, 5.74) is 0.941. The molecular weight excluding hydrogens is 484 g/mol. The van der Waals surface area contributed by atoms with Gasteiger partial charge in [0.05, 0.1) is 30.5 Å². The summed E-state index contributed by atoms with van der Waals surface area (Å²) in [6.45, 7) is 2.07. The van der Waals surface area contributed by atoms with Crippen molar-refractivity contribution in [2.75, 3.05) is 39.3 Å². The Bertz CT molecular complexity index is 1280. The van der Waals surface area contributed by atoms with Crippen LogP contribution in [0.3, 0.4) is 0 Å². The number of carboxylic acids is 1. The van der Waals surface area contributed by atoms with Gasteiger partial charge >= 0.3 is 5.97 Å². The lowest BCUT2D eigenvalue weighted by atomic mass is 9.67. The molecule has 0 radical (unpaired) electrons. The molecule has 38 heavy (non-hydrogen) atoms. The molecule has 1 saturated heterocycles. The molecule has 3 aromatic rings. The van der Waals surface area contributed by atoms with Crippen LogP contribution >= 0.6 is 0 Å². The standard InChI is InChI=1S/C21H27N3O5.C8H11N/c1-28-16-10-14-15(11-17(16)29-2)22-20(23-18(14)25)24-8-6-21(7-9-24,19(26)27)12-13-4-3-5-13;1-9-7-8-5-3-2-4-6-8/h10-11,13H,3-9,12H2,1-2H3,(H,26,27)(H,22,23,25);2-6,9H,7H2,1H3. The number of nitrogens with zero attached hydrogens (tertiary/aromatic N) is 2. The fraction of sp³-hybridized carbons (Fsp3) is 0.483. The molecule has 0 unspecified atom stereocenters. The Kier molecular flexibility index (Phi) is 8.89. The molecule has 1 saturated carbocycles. The molecule has 9 nitrogen and oxygen atoms in total. The van der Waals surface area contributed by atoms with Crippen molar-refractivity contribution in [3.63, 3.8) is 0 Å². The lowest BCUT2D eigenvalue weighted by molar-refractivity contribution is -0.152. The summed E-state index contributed by atoms with van der Waals surface area (Å²) >= 11 is 0. The number of carboxylic acid groups (broad SMARTS) is 1. The first-order valence-corrected chi connectivity index (χ1v) is 13.2. The van der Waals surface area contributed by atoms with E-state index in [1.807, 2.05) is 30.1 Å². The summed E-state index contributed by atoms with van der Waals surface area (Å²) in [5, 5.41) is 13.4. The van der Waals surface area contributed by atoms with E-state index in [1.54, 1.807) is 12.1 Å². The number of hydrogen-bond donors (Lipinski definition) is 3. The topological polar surface area (TPSA) is 117 Å². The maximum absolute atomic E-state index is 12.6. The molecule has 0 spiro atoms. The average Bonchev–Trinajstić information content (AvgIpc) is 2.91. The maximum Gasteiger partial charge on any atom is 0.309 e. The second-order valence-electron chi connectivity index (χ2n) is 10.2. The van der Waals surface area contributed by atoms with E-state index in [0.717, 1.165) is 25.8 Å². The lowest BCUT2D eigenvalue weighted by Gasteiger charge is -2.42. The van der Waals surface area contributed by atoms with Crippen LogP contribution in [0.25, 0.3) is 10.9 Å². The molecule has 1 aliphatic carbocycles. The van der Waals surface area contributed by atoms with E-state index >= 15 is 0 Å². The number of carbonyl (C=O) groups is 1. The first kappa shape index (κ1) is 27.4. The highest BCUT2D eigenvalue weighted by molar-refractivity contribution is 5.83. The van der Waals surface area contributed by atoms with E-state index in [4.69, 9.17) is 9.47 Å². The van der Waals surface area contributed by atoms with Gasteiger partial charge in [-0.05, 0) is 43.9 Å². The number of anilines is 1. The first-order valence-electron chi connectivity index (χ1n) is 13.2. The van der Waals surface area contributed by atoms with Crippen LogP contribution in [0.1, 0.15) is 44.1 Å². The van der Waals surface area contributed by atoms with Gasteiger partial charge in [-0.25, -0.2) is 4.98 Å². The Labute approximate surface area is 223 Å². The Morgan fingerprint density at radius 1 is 1.13 bits per heavy atom. The number of hydrogen-bond acceptors (Lipinski definition) is 7. The Morgan fingerprint density at radius 2 is 1.79 bits per heavy atom. The van der Waals surface area contributed by atoms with Crippen LogP contribution in [0.15, 0.2) is 47.3 Å². The second kappa shape index (κ2) is 12.3. The normalized spacial score (nSPS) is 16.8. The van der Waals surface area contributed by atoms with Gasteiger partial charge < -0.3 is 24.8 Å². The number of methoxy groups -OCH3 is 2. The molecule has 0 amide bonds. The van der Waals surface area contributed by atoms with Gasteiger partial charge in [-0.1, -0.05) is 49.6 Å². The van der Waals surface area contributed by atoms with Crippen molar-refractivity contribution in [3.05, 3.63) is 58.4 Å². The number of aromatic amines is 1. The zero-order chi connectivity index (χ0) is 27.1. The zero-order valence-corrected chi connectivity index (χ0v) is 22.5. The number of aromatic nitrogens is 2. The number of fused-ring (bicyclic) bond motifs is 1. The van der Waals surface area contributed by atoms with E-state index in [9.17, 15) is 14.7 Å². The van der Waals surface area contributed by atoms with Gasteiger partial charge in [0.25, 0.3) is 5.56 Å². The largest absolute Gasteiger partial charge is 0.493 e. The van der Waals surface area contributed by atoms with Gasteiger partial charge in [0.1, 0.15) is 0 Å². The lowest BCUT2D eigenvalue weighted by Crippen LogP contribution is -2.46. The van der Waals surface area contributed by atoms with Crippen molar-refractivity contribution in [2.45, 2.75) is 45.1 Å². The number of rotatable bonds is 8. The molecule has 2 aromatic carbocycles. The molecule has 2 fully saturated rings. The Balaban J connectivity index is 0.000000317. The molecule has 5 rings (SSSR count). The quantitative estimate of drug-likeness (QED) is 0.403. The minimum atomic E-state index is -0.694. The molecule has 3 N–H and O–H groups in total. The summed E-state index contributed by atoms with van der Waals surface area (Å²) in [6, 6.07) is 13.6. The highest BCUT2D eigenvalue weighted by Gasteiger charge is 2.44. The Hall–Kier alpha value is -3.59.